The molecule has 0 heterocycles. The van der Waals surface area contributed by atoms with Gasteiger partial charge in [-0.15, -0.1) is 0 Å². The molecule has 0 aliphatic rings. The Balaban J connectivity index is 2.73. The van der Waals surface area contributed by atoms with E-state index in [0.717, 1.165) is 6.42 Å². The van der Waals surface area contributed by atoms with Gasteiger partial charge in [0.05, 0.1) is 19.3 Å². The molecule has 0 N–H and O–H groups in total. The second-order valence-corrected chi connectivity index (χ2v) is 2.87. The Morgan fingerprint density at radius 2 is 2.21 bits per heavy atom. The zero-order valence-corrected chi connectivity index (χ0v) is 8.45. The summed E-state index contributed by atoms with van der Waals surface area (Å²) in [6, 6.07) is 6.98. The maximum absolute atomic E-state index is 11.2. The highest BCUT2D eigenvalue weighted by atomic mass is 16.5. The molecule has 0 aliphatic heterocycles. The first kappa shape index (κ1) is 10.6. The molecule has 0 saturated carbocycles. The highest BCUT2D eigenvalue weighted by Crippen LogP contribution is 2.14. The summed E-state index contributed by atoms with van der Waals surface area (Å²) in [7, 11) is 1.36. The second-order valence-electron chi connectivity index (χ2n) is 2.87. The van der Waals surface area contributed by atoms with E-state index in [4.69, 9.17) is 4.74 Å². The molecule has 3 nitrogen and oxygen atoms in total. The largest absolute Gasteiger partial charge is 0.494 e. The van der Waals surface area contributed by atoms with Gasteiger partial charge in [0.25, 0.3) is 0 Å². The molecule has 14 heavy (non-hydrogen) atoms. The van der Waals surface area contributed by atoms with Crippen molar-refractivity contribution >= 4 is 5.97 Å². The smallest absolute Gasteiger partial charge is 0.337 e. The van der Waals surface area contributed by atoms with Gasteiger partial charge in [0.1, 0.15) is 5.75 Å². The van der Waals surface area contributed by atoms with Gasteiger partial charge in [-0.2, -0.15) is 0 Å². The number of rotatable bonds is 4. The molecule has 1 aromatic rings. The molecule has 0 spiro atoms. The topological polar surface area (TPSA) is 35.5 Å². The van der Waals surface area contributed by atoms with Gasteiger partial charge < -0.3 is 9.47 Å². The number of carbonyl (C=O) groups is 1. The lowest BCUT2D eigenvalue weighted by Gasteiger charge is -2.05. The number of esters is 1. The molecule has 1 aromatic carbocycles. The maximum atomic E-state index is 11.2. The van der Waals surface area contributed by atoms with Gasteiger partial charge in [0.15, 0.2) is 0 Å². The predicted molar refractivity (Wildman–Crippen MR) is 53.6 cm³/mol. The number of carbonyl (C=O) groups excluding carboxylic acids is 1. The minimum Gasteiger partial charge on any atom is -0.494 e. The molecule has 0 radical (unpaired) electrons. The first-order valence-electron chi connectivity index (χ1n) is 4.59. The lowest BCUT2D eigenvalue weighted by Crippen LogP contribution is -2.02. The number of methoxy groups -OCH3 is 1. The van der Waals surface area contributed by atoms with Crippen LogP contribution in [-0.2, 0) is 4.74 Å². The molecule has 0 aromatic heterocycles. The van der Waals surface area contributed by atoms with Crippen LogP contribution in [0.15, 0.2) is 24.3 Å². The molecule has 0 unspecified atom stereocenters. The maximum Gasteiger partial charge on any atom is 0.337 e. The van der Waals surface area contributed by atoms with Crippen molar-refractivity contribution in [3.05, 3.63) is 29.8 Å². The molecule has 0 amide bonds. The number of ether oxygens (including phenoxy) is 2. The van der Waals surface area contributed by atoms with E-state index in [0.29, 0.717) is 17.9 Å². The van der Waals surface area contributed by atoms with Crippen LogP contribution in [0.1, 0.15) is 23.7 Å². The predicted octanol–water partition coefficient (Wildman–Crippen LogP) is 2.26. The Morgan fingerprint density at radius 3 is 2.86 bits per heavy atom. The van der Waals surface area contributed by atoms with Crippen LogP contribution in [0.3, 0.4) is 0 Å². The second kappa shape index (κ2) is 5.27. The summed E-state index contributed by atoms with van der Waals surface area (Å²) in [5, 5.41) is 0. The Bertz CT molecular complexity index is 307. The number of hydrogen-bond acceptors (Lipinski definition) is 3. The van der Waals surface area contributed by atoms with Gasteiger partial charge in [0.2, 0.25) is 0 Å². The molecule has 0 fully saturated rings. The molecule has 0 saturated heterocycles. The fourth-order valence-electron chi connectivity index (χ4n) is 1.05. The van der Waals surface area contributed by atoms with E-state index in [-0.39, 0.29) is 5.97 Å². The molecule has 1 rings (SSSR count). The van der Waals surface area contributed by atoms with Crippen molar-refractivity contribution in [3.63, 3.8) is 0 Å². The average molecular weight is 194 g/mol. The van der Waals surface area contributed by atoms with Crippen LogP contribution in [-0.4, -0.2) is 19.7 Å². The van der Waals surface area contributed by atoms with E-state index in [1.54, 1.807) is 18.2 Å². The van der Waals surface area contributed by atoms with Crippen LogP contribution < -0.4 is 4.74 Å². The molecule has 0 aliphatic carbocycles. The highest BCUT2D eigenvalue weighted by Gasteiger charge is 2.05. The quantitative estimate of drug-likeness (QED) is 0.690. The minimum absolute atomic E-state index is 0.341. The van der Waals surface area contributed by atoms with E-state index in [1.807, 2.05) is 13.0 Å². The lowest BCUT2D eigenvalue weighted by atomic mass is 10.2. The minimum atomic E-state index is -0.341. The van der Waals surface area contributed by atoms with Gasteiger partial charge in [-0.1, -0.05) is 13.0 Å². The van der Waals surface area contributed by atoms with E-state index < -0.39 is 0 Å². The summed E-state index contributed by atoms with van der Waals surface area (Å²) in [5.74, 6) is 0.363. The van der Waals surface area contributed by atoms with Gasteiger partial charge in [0, 0.05) is 0 Å². The van der Waals surface area contributed by atoms with Crippen LogP contribution in [0.2, 0.25) is 0 Å². The van der Waals surface area contributed by atoms with Crippen molar-refractivity contribution < 1.29 is 14.3 Å². The van der Waals surface area contributed by atoms with Crippen molar-refractivity contribution in [1.82, 2.24) is 0 Å². The van der Waals surface area contributed by atoms with Gasteiger partial charge >= 0.3 is 5.97 Å². The normalized spacial score (nSPS) is 9.57. The molecule has 0 bridgehead atoms. The van der Waals surface area contributed by atoms with Crippen LogP contribution >= 0.6 is 0 Å². The molecular weight excluding hydrogens is 180 g/mol. The fourth-order valence-corrected chi connectivity index (χ4v) is 1.05. The molecule has 3 heteroatoms. The first-order chi connectivity index (χ1) is 6.77. The van der Waals surface area contributed by atoms with E-state index >= 15 is 0 Å². The third kappa shape index (κ3) is 2.76. The van der Waals surface area contributed by atoms with E-state index in [9.17, 15) is 4.79 Å². The Labute approximate surface area is 83.6 Å². The summed E-state index contributed by atoms with van der Waals surface area (Å²) in [4.78, 5) is 11.2. The summed E-state index contributed by atoms with van der Waals surface area (Å²) in [6.07, 6.45) is 0.947. The standard InChI is InChI=1S/C11H14O3/c1-3-7-14-10-6-4-5-9(8-10)11(12)13-2/h4-6,8H,3,7H2,1-2H3. The Kier molecular flexibility index (Phi) is 3.98. The van der Waals surface area contributed by atoms with Crippen molar-refractivity contribution in [2.75, 3.05) is 13.7 Å². The third-order valence-corrected chi connectivity index (χ3v) is 1.73. The molecular formula is C11H14O3. The van der Waals surface area contributed by atoms with E-state index in [1.165, 1.54) is 7.11 Å². The SMILES string of the molecule is CCCOc1cccc(C(=O)OC)c1. The van der Waals surface area contributed by atoms with Crippen molar-refractivity contribution in [3.8, 4) is 5.75 Å². The summed E-state index contributed by atoms with van der Waals surface area (Å²) >= 11 is 0. The van der Waals surface area contributed by atoms with Crippen molar-refractivity contribution in [2.45, 2.75) is 13.3 Å². The summed E-state index contributed by atoms with van der Waals surface area (Å²) in [6.45, 7) is 2.69. The lowest BCUT2D eigenvalue weighted by molar-refractivity contribution is 0.0600. The zero-order chi connectivity index (χ0) is 10.4. The fraction of sp³-hybridized carbons (Fsp3) is 0.364. The third-order valence-electron chi connectivity index (χ3n) is 1.73. The van der Waals surface area contributed by atoms with Crippen molar-refractivity contribution in [2.24, 2.45) is 0 Å². The highest BCUT2D eigenvalue weighted by molar-refractivity contribution is 5.89. The zero-order valence-electron chi connectivity index (χ0n) is 8.45. The van der Waals surface area contributed by atoms with Crippen LogP contribution in [0.5, 0.6) is 5.75 Å². The van der Waals surface area contributed by atoms with Crippen LogP contribution in [0, 0.1) is 0 Å². The van der Waals surface area contributed by atoms with Crippen LogP contribution in [0.25, 0.3) is 0 Å². The van der Waals surface area contributed by atoms with Gasteiger partial charge in [-0.3, -0.25) is 0 Å². The Morgan fingerprint density at radius 1 is 1.43 bits per heavy atom. The Hall–Kier alpha value is -1.51. The summed E-state index contributed by atoms with van der Waals surface area (Å²) < 4.78 is 9.98. The number of hydrogen-bond donors (Lipinski definition) is 0. The van der Waals surface area contributed by atoms with Crippen LogP contribution in [0.4, 0.5) is 0 Å². The van der Waals surface area contributed by atoms with Gasteiger partial charge in [-0.25, -0.2) is 4.79 Å². The first-order valence-corrected chi connectivity index (χ1v) is 4.59. The molecule has 76 valence electrons. The van der Waals surface area contributed by atoms with E-state index in [2.05, 4.69) is 4.74 Å². The average Bonchev–Trinajstić information content (AvgIpc) is 2.25. The monoisotopic (exact) mass is 194 g/mol. The summed E-state index contributed by atoms with van der Waals surface area (Å²) in [5.41, 5.74) is 0.515. The van der Waals surface area contributed by atoms with Gasteiger partial charge in [-0.05, 0) is 24.6 Å². The van der Waals surface area contributed by atoms with Crippen molar-refractivity contribution in [1.29, 1.82) is 0 Å². The molecule has 0 atom stereocenters. The number of benzene rings is 1.